The van der Waals surface area contributed by atoms with Crippen LogP contribution in [-0.2, 0) is 7.05 Å². The van der Waals surface area contributed by atoms with E-state index in [1.807, 2.05) is 7.05 Å². The van der Waals surface area contributed by atoms with Crippen LogP contribution in [0.25, 0.3) is 0 Å². The van der Waals surface area contributed by atoms with Gasteiger partial charge < -0.3 is 21.7 Å². The second-order valence-corrected chi connectivity index (χ2v) is 8.58. The van der Waals surface area contributed by atoms with E-state index in [-0.39, 0.29) is 17.9 Å². The number of carbonyl (C=O) groups excluding carboxylic acids is 1. The van der Waals surface area contributed by atoms with Crippen LogP contribution in [0.3, 0.4) is 0 Å². The van der Waals surface area contributed by atoms with Crippen molar-refractivity contribution in [1.82, 2.24) is 14.8 Å². The summed E-state index contributed by atoms with van der Waals surface area (Å²) in [5.74, 6) is 0.877. The van der Waals surface area contributed by atoms with Crippen LogP contribution < -0.4 is 21.7 Å². The molecule has 3 heterocycles. The van der Waals surface area contributed by atoms with E-state index in [2.05, 4.69) is 32.5 Å². The van der Waals surface area contributed by atoms with E-state index in [0.29, 0.717) is 16.4 Å². The first-order valence-electron chi connectivity index (χ1n) is 9.79. The molecule has 0 radical (unpaired) electrons. The minimum atomic E-state index is -0.289. The lowest BCUT2D eigenvalue weighted by Crippen LogP contribution is -2.29. The Morgan fingerprint density at radius 3 is 2.96 bits per heavy atom. The molecule has 8 nitrogen and oxygen atoms in total. The van der Waals surface area contributed by atoms with Gasteiger partial charge in [0.2, 0.25) is 0 Å². The van der Waals surface area contributed by atoms with Gasteiger partial charge in [-0.1, -0.05) is 12.2 Å². The molecular formula is C19H27N7OS. The van der Waals surface area contributed by atoms with Crippen molar-refractivity contribution >= 4 is 33.8 Å². The molecule has 28 heavy (non-hydrogen) atoms. The van der Waals surface area contributed by atoms with Gasteiger partial charge in [0, 0.05) is 32.1 Å². The zero-order valence-electron chi connectivity index (χ0n) is 16.1. The number of carbonyl (C=O) groups is 1. The van der Waals surface area contributed by atoms with Crippen LogP contribution in [0.1, 0.15) is 53.5 Å². The van der Waals surface area contributed by atoms with Crippen LogP contribution in [0.2, 0.25) is 0 Å². The first-order chi connectivity index (χ1) is 13.5. The van der Waals surface area contributed by atoms with Gasteiger partial charge in [0.1, 0.15) is 15.7 Å². The maximum absolute atomic E-state index is 12.9. The molecular weight excluding hydrogens is 374 g/mol. The lowest BCUT2D eigenvalue weighted by molar-refractivity contribution is 0.102. The highest BCUT2D eigenvalue weighted by Gasteiger charge is 2.25. The monoisotopic (exact) mass is 401 g/mol. The number of rotatable bonds is 4. The van der Waals surface area contributed by atoms with Gasteiger partial charge in [0.15, 0.2) is 11.5 Å². The Labute approximate surface area is 168 Å². The van der Waals surface area contributed by atoms with Crippen molar-refractivity contribution in [2.45, 2.75) is 44.1 Å². The van der Waals surface area contributed by atoms with Crippen molar-refractivity contribution in [3.8, 4) is 0 Å². The fraction of sp³-hybridized carbons (Fsp3) is 0.526. The third kappa shape index (κ3) is 3.77. The lowest BCUT2D eigenvalue weighted by atomic mass is 10.1. The number of nitrogens with two attached hydrogens (primary N) is 2. The quantitative estimate of drug-likeness (QED) is 0.678. The Morgan fingerprint density at radius 2 is 2.18 bits per heavy atom. The van der Waals surface area contributed by atoms with Crippen LogP contribution in [0.4, 0.5) is 16.5 Å². The predicted octanol–water partition coefficient (Wildman–Crippen LogP) is 2.46. The van der Waals surface area contributed by atoms with E-state index in [4.69, 9.17) is 11.5 Å². The Hall–Kier alpha value is -2.39. The Morgan fingerprint density at radius 1 is 1.32 bits per heavy atom. The number of hydrogen-bond donors (Lipinski definition) is 3. The third-order valence-corrected chi connectivity index (χ3v) is 6.46. The zero-order valence-corrected chi connectivity index (χ0v) is 16.9. The summed E-state index contributed by atoms with van der Waals surface area (Å²) in [5.41, 5.74) is 13.2. The summed E-state index contributed by atoms with van der Waals surface area (Å²) >= 11 is 1.40. The van der Waals surface area contributed by atoms with Crippen molar-refractivity contribution < 1.29 is 4.79 Å². The predicted molar refractivity (Wildman–Crippen MR) is 113 cm³/mol. The van der Waals surface area contributed by atoms with Gasteiger partial charge in [0.05, 0.1) is 6.20 Å². The molecule has 1 saturated heterocycles. The minimum Gasteiger partial charge on any atom is -0.389 e. The number of amides is 1. The van der Waals surface area contributed by atoms with Gasteiger partial charge in [-0.15, -0.1) is 11.3 Å². The Bertz CT molecular complexity index is 887. The molecule has 1 fully saturated rings. The van der Waals surface area contributed by atoms with Crippen molar-refractivity contribution in [3.63, 3.8) is 0 Å². The smallest absolute Gasteiger partial charge is 0.277 e. The van der Waals surface area contributed by atoms with Gasteiger partial charge in [-0.05, 0) is 32.1 Å². The first kappa shape index (κ1) is 18.9. The van der Waals surface area contributed by atoms with Crippen molar-refractivity contribution in [2.24, 2.45) is 12.8 Å². The average molecular weight is 402 g/mol. The lowest BCUT2D eigenvalue weighted by Gasteiger charge is -2.24. The van der Waals surface area contributed by atoms with Gasteiger partial charge in [0.25, 0.3) is 5.91 Å². The standard InChI is InChI=1S/C19H27N7OS/c1-25-19(26-9-4-7-13(20)8-10-26)14(11-22-25)23-17(27)15-16(21)28-18(24-15)12-5-2-3-6-12/h2,5,11-13H,3-4,6-10,20-21H2,1H3,(H,23,27). The van der Waals surface area contributed by atoms with E-state index in [0.717, 1.165) is 56.0 Å². The molecule has 1 aliphatic heterocycles. The molecule has 2 unspecified atom stereocenters. The molecule has 1 aliphatic carbocycles. The molecule has 0 spiro atoms. The molecule has 2 aliphatic rings. The normalized spacial score (nSPS) is 22.4. The summed E-state index contributed by atoms with van der Waals surface area (Å²) in [6.45, 7) is 1.74. The molecule has 5 N–H and O–H groups in total. The van der Waals surface area contributed by atoms with Crippen LogP contribution in [0.5, 0.6) is 0 Å². The number of aromatic nitrogens is 3. The highest BCUT2D eigenvalue weighted by Crippen LogP contribution is 2.35. The fourth-order valence-electron chi connectivity index (χ4n) is 3.92. The highest BCUT2D eigenvalue weighted by molar-refractivity contribution is 7.16. The molecule has 2 atom stereocenters. The molecule has 0 bridgehead atoms. The van der Waals surface area contributed by atoms with E-state index in [9.17, 15) is 4.79 Å². The summed E-state index contributed by atoms with van der Waals surface area (Å²) in [5, 5.41) is 8.69. The number of aryl methyl sites for hydroxylation is 1. The van der Waals surface area contributed by atoms with Crippen LogP contribution >= 0.6 is 11.3 Å². The van der Waals surface area contributed by atoms with E-state index in [1.165, 1.54) is 11.3 Å². The maximum atomic E-state index is 12.9. The molecule has 0 saturated carbocycles. The van der Waals surface area contributed by atoms with Crippen LogP contribution in [-0.4, -0.2) is 39.8 Å². The minimum absolute atomic E-state index is 0.231. The SMILES string of the molecule is Cn1ncc(NC(=O)c2nc(C3C=CCC3)sc2N)c1N1CCCC(N)CC1. The number of nitrogens with one attached hydrogen (secondary N) is 1. The third-order valence-electron chi connectivity index (χ3n) is 5.44. The topological polar surface area (TPSA) is 115 Å². The number of nitrogens with zero attached hydrogens (tertiary/aromatic N) is 4. The number of thiazole rings is 1. The Kier molecular flexibility index (Phi) is 5.36. The Balaban J connectivity index is 1.53. The first-order valence-corrected chi connectivity index (χ1v) is 10.6. The molecule has 4 rings (SSSR count). The van der Waals surface area contributed by atoms with Crippen molar-refractivity contribution in [3.05, 3.63) is 29.1 Å². The summed E-state index contributed by atoms with van der Waals surface area (Å²) in [7, 11) is 1.89. The number of allylic oxidation sites excluding steroid dienone is 2. The molecule has 1 amide bonds. The number of anilines is 3. The van der Waals surface area contributed by atoms with Gasteiger partial charge in [-0.3, -0.25) is 9.48 Å². The molecule has 150 valence electrons. The number of nitrogen functional groups attached to an aromatic ring is 1. The van der Waals surface area contributed by atoms with E-state index >= 15 is 0 Å². The summed E-state index contributed by atoms with van der Waals surface area (Å²) in [6, 6.07) is 0.231. The summed E-state index contributed by atoms with van der Waals surface area (Å²) in [6.07, 6.45) is 11.0. The van der Waals surface area contributed by atoms with Crippen molar-refractivity contribution in [1.29, 1.82) is 0 Å². The summed E-state index contributed by atoms with van der Waals surface area (Å²) < 4.78 is 1.80. The van der Waals surface area contributed by atoms with Crippen LogP contribution in [0.15, 0.2) is 18.3 Å². The maximum Gasteiger partial charge on any atom is 0.277 e. The average Bonchev–Trinajstić information content (AvgIpc) is 3.36. The van der Waals surface area contributed by atoms with E-state index in [1.54, 1.807) is 10.9 Å². The second kappa shape index (κ2) is 7.92. The highest BCUT2D eigenvalue weighted by atomic mass is 32.1. The van der Waals surface area contributed by atoms with E-state index < -0.39 is 0 Å². The molecule has 2 aromatic rings. The molecule has 9 heteroatoms. The molecule has 2 aromatic heterocycles. The van der Waals surface area contributed by atoms with Gasteiger partial charge in [-0.2, -0.15) is 5.10 Å². The fourth-order valence-corrected chi connectivity index (χ4v) is 4.86. The van der Waals surface area contributed by atoms with Gasteiger partial charge in [-0.25, -0.2) is 4.98 Å². The van der Waals surface area contributed by atoms with Crippen LogP contribution in [0, 0.1) is 0 Å². The van der Waals surface area contributed by atoms with Crippen molar-refractivity contribution in [2.75, 3.05) is 29.0 Å². The largest absolute Gasteiger partial charge is 0.389 e. The second-order valence-electron chi connectivity index (χ2n) is 7.51. The number of hydrogen-bond acceptors (Lipinski definition) is 7. The molecule has 0 aromatic carbocycles. The zero-order chi connectivity index (χ0) is 19.7. The summed E-state index contributed by atoms with van der Waals surface area (Å²) in [4.78, 5) is 19.7. The van der Waals surface area contributed by atoms with Gasteiger partial charge >= 0.3 is 0 Å².